The normalized spacial score (nSPS) is 11.5. The molecule has 18 heavy (non-hydrogen) atoms. The molecule has 0 fully saturated rings. The van der Waals surface area contributed by atoms with Gasteiger partial charge in [-0.15, -0.1) is 11.3 Å². The lowest BCUT2D eigenvalue weighted by Crippen LogP contribution is -2.30. The fraction of sp³-hybridized carbons (Fsp3) is 0.500. The summed E-state index contributed by atoms with van der Waals surface area (Å²) in [6, 6.07) is 4.10. The Bertz CT molecular complexity index is 390. The number of hydrogen-bond donors (Lipinski definition) is 2. The van der Waals surface area contributed by atoms with Crippen molar-refractivity contribution in [2.75, 3.05) is 13.6 Å². The van der Waals surface area contributed by atoms with Crippen LogP contribution >= 0.6 is 11.3 Å². The largest absolute Gasteiger partial charge is 0.409 e. The Balaban J connectivity index is 2.19. The van der Waals surface area contributed by atoms with Gasteiger partial charge in [-0.2, -0.15) is 0 Å². The van der Waals surface area contributed by atoms with Gasteiger partial charge in [-0.3, -0.25) is 4.79 Å². The summed E-state index contributed by atoms with van der Waals surface area (Å²) in [5.41, 5.74) is 5.35. The average molecular weight is 269 g/mol. The van der Waals surface area contributed by atoms with Crippen molar-refractivity contribution in [3.05, 3.63) is 22.4 Å². The molecule has 1 aromatic rings. The summed E-state index contributed by atoms with van der Waals surface area (Å²) >= 11 is 1.72. The Morgan fingerprint density at radius 1 is 1.56 bits per heavy atom. The second kappa shape index (κ2) is 7.71. The highest BCUT2D eigenvalue weighted by atomic mass is 32.1. The number of hydrogen-bond acceptors (Lipinski definition) is 4. The Hall–Kier alpha value is -1.56. The Morgan fingerprint density at radius 3 is 2.94 bits per heavy atom. The van der Waals surface area contributed by atoms with Crippen LogP contribution in [0.2, 0.25) is 0 Å². The highest BCUT2D eigenvalue weighted by Gasteiger charge is 2.09. The third-order valence-corrected chi connectivity index (χ3v) is 3.59. The molecule has 0 spiro atoms. The van der Waals surface area contributed by atoms with Crippen LogP contribution in [-0.4, -0.2) is 35.4 Å². The van der Waals surface area contributed by atoms with Gasteiger partial charge in [0.05, 0.1) is 0 Å². The van der Waals surface area contributed by atoms with E-state index in [1.54, 1.807) is 23.3 Å². The van der Waals surface area contributed by atoms with Crippen LogP contribution in [0, 0.1) is 0 Å². The Kier molecular flexibility index (Phi) is 6.21. The minimum absolute atomic E-state index is 0.0947. The summed E-state index contributed by atoms with van der Waals surface area (Å²) in [5.74, 6) is 0.241. The Labute approximate surface area is 111 Å². The van der Waals surface area contributed by atoms with Crippen molar-refractivity contribution in [2.24, 2.45) is 10.9 Å². The van der Waals surface area contributed by atoms with Crippen molar-refractivity contribution in [2.45, 2.75) is 25.7 Å². The first-order valence-electron chi connectivity index (χ1n) is 5.86. The zero-order valence-corrected chi connectivity index (χ0v) is 11.3. The Morgan fingerprint density at radius 2 is 2.33 bits per heavy atom. The van der Waals surface area contributed by atoms with E-state index >= 15 is 0 Å². The van der Waals surface area contributed by atoms with Crippen molar-refractivity contribution in [3.8, 4) is 0 Å². The van der Waals surface area contributed by atoms with Gasteiger partial charge in [-0.1, -0.05) is 11.2 Å². The third kappa shape index (κ3) is 5.18. The fourth-order valence-corrected chi connectivity index (χ4v) is 2.27. The molecule has 0 atom stereocenters. The maximum Gasteiger partial charge on any atom is 0.222 e. The van der Waals surface area contributed by atoms with Gasteiger partial charge in [-0.05, 0) is 24.3 Å². The van der Waals surface area contributed by atoms with Crippen LogP contribution in [-0.2, 0) is 11.2 Å². The quantitative estimate of drug-likeness (QED) is 0.342. The summed E-state index contributed by atoms with van der Waals surface area (Å²) in [6.07, 6.45) is 2.72. The van der Waals surface area contributed by atoms with Crippen molar-refractivity contribution in [1.29, 1.82) is 0 Å². The van der Waals surface area contributed by atoms with E-state index in [1.165, 1.54) is 4.88 Å². The van der Waals surface area contributed by atoms with Crippen LogP contribution in [0.1, 0.15) is 24.1 Å². The van der Waals surface area contributed by atoms with Crippen LogP contribution in [0.3, 0.4) is 0 Å². The summed E-state index contributed by atoms with van der Waals surface area (Å²) in [6.45, 7) is 0.480. The molecule has 0 saturated carbocycles. The maximum atomic E-state index is 11.8. The standard InChI is InChI=1S/C12H19N3O2S/c1-15(8-7-11(13)14-17)12(16)6-2-4-10-5-3-9-18-10/h3,5,9,17H,2,4,6-8H2,1H3,(H2,13,14). The van der Waals surface area contributed by atoms with Gasteiger partial charge in [0.2, 0.25) is 5.91 Å². The minimum atomic E-state index is 0.0947. The zero-order chi connectivity index (χ0) is 13.4. The molecule has 0 aliphatic heterocycles. The van der Waals surface area contributed by atoms with E-state index in [-0.39, 0.29) is 11.7 Å². The topological polar surface area (TPSA) is 78.9 Å². The van der Waals surface area contributed by atoms with Crippen LogP contribution in [0.5, 0.6) is 0 Å². The molecule has 0 radical (unpaired) electrons. The first kappa shape index (κ1) is 14.5. The van der Waals surface area contributed by atoms with E-state index in [4.69, 9.17) is 10.9 Å². The first-order valence-corrected chi connectivity index (χ1v) is 6.74. The highest BCUT2D eigenvalue weighted by molar-refractivity contribution is 7.09. The predicted octanol–water partition coefficient (Wildman–Crippen LogP) is 1.67. The van der Waals surface area contributed by atoms with Crippen LogP contribution in [0.25, 0.3) is 0 Å². The molecule has 1 amide bonds. The van der Waals surface area contributed by atoms with E-state index in [9.17, 15) is 4.79 Å². The molecule has 0 aliphatic rings. The third-order valence-electron chi connectivity index (χ3n) is 2.65. The molecule has 0 aromatic carbocycles. The molecule has 0 aliphatic carbocycles. The molecule has 100 valence electrons. The van der Waals surface area contributed by atoms with E-state index in [0.29, 0.717) is 19.4 Å². The lowest BCUT2D eigenvalue weighted by Gasteiger charge is -2.16. The first-order chi connectivity index (χ1) is 8.63. The van der Waals surface area contributed by atoms with Gasteiger partial charge < -0.3 is 15.8 Å². The molecule has 1 heterocycles. The number of amides is 1. The van der Waals surface area contributed by atoms with Crippen molar-refractivity contribution in [1.82, 2.24) is 4.90 Å². The van der Waals surface area contributed by atoms with Gasteiger partial charge in [-0.25, -0.2) is 0 Å². The number of aryl methyl sites for hydroxylation is 1. The average Bonchev–Trinajstić information content (AvgIpc) is 2.88. The number of amidine groups is 1. The van der Waals surface area contributed by atoms with E-state index in [0.717, 1.165) is 12.8 Å². The van der Waals surface area contributed by atoms with Crippen molar-refractivity contribution in [3.63, 3.8) is 0 Å². The molecule has 1 rings (SSSR count). The fourth-order valence-electron chi connectivity index (χ4n) is 1.52. The SMILES string of the molecule is CN(CC/C(N)=N/O)C(=O)CCCc1cccs1. The zero-order valence-electron chi connectivity index (χ0n) is 10.5. The smallest absolute Gasteiger partial charge is 0.222 e. The summed E-state index contributed by atoms with van der Waals surface area (Å²) < 4.78 is 0. The number of nitrogens with two attached hydrogens (primary N) is 1. The number of thiophene rings is 1. The molecular weight excluding hydrogens is 250 g/mol. The maximum absolute atomic E-state index is 11.8. The van der Waals surface area contributed by atoms with Crippen molar-refractivity contribution < 1.29 is 10.0 Å². The van der Waals surface area contributed by atoms with Crippen molar-refractivity contribution >= 4 is 23.1 Å². The lowest BCUT2D eigenvalue weighted by atomic mass is 10.2. The van der Waals surface area contributed by atoms with Crippen LogP contribution < -0.4 is 5.73 Å². The lowest BCUT2D eigenvalue weighted by molar-refractivity contribution is -0.129. The summed E-state index contributed by atoms with van der Waals surface area (Å²) in [5, 5.41) is 13.3. The molecule has 6 heteroatoms. The molecule has 0 bridgehead atoms. The van der Waals surface area contributed by atoms with Gasteiger partial charge in [0.15, 0.2) is 0 Å². The summed E-state index contributed by atoms with van der Waals surface area (Å²) in [7, 11) is 1.73. The molecule has 1 aromatic heterocycles. The summed E-state index contributed by atoms with van der Waals surface area (Å²) in [4.78, 5) is 14.7. The van der Waals surface area contributed by atoms with Crippen LogP contribution in [0.4, 0.5) is 0 Å². The second-order valence-corrected chi connectivity index (χ2v) is 5.12. The van der Waals surface area contributed by atoms with Gasteiger partial charge >= 0.3 is 0 Å². The second-order valence-electron chi connectivity index (χ2n) is 4.09. The molecule has 0 unspecified atom stereocenters. The number of nitrogens with zero attached hydrogens (tertiary/aromatic N) is 2. The van der Waals surface area contributed by atoms with Gasteiger partial charge in [0.25, 0.3) is 0 Å². The predicted molar refractivity (Wildman–Crippen MR) is 72.9 cm³/mol. The van der Waals surface area contributed by atoms with Gasteiger partial charge in [0, 0.05) is 31.3 Å². The molecule has 5 nitrogen and oxygen atoms in total. The molecular formula is C12H19N3O2S. The van der Waals surface area contributed by atoms with E-state index in [1.807, 2.05) is 11.4 Å². The van der Waals surface area contributed by atoms with Gasteiger partial charge in [0.1, 0.15) is 5.84 Å². The van der Waals surface area contributed by atoms with E-state index < -0.39 is 0 Å². The van der Waals surface area contributed by atoms with E-state index in [2.05, 4.69) is 11.2 Å². The number of carbonyl (C=O) groups is 1. The highest BCUT2D eigenvalue weighted by Crippen LogP contribution is 2.12. The number of carbonyl (C=O) groups excluding carboxylic acids is 1. The monoisotopic (exact) mass is 269 g/mol. The molecule has 3 N–H and O–H groups in total. The minimum Gasteiger partial charge on any atom is -0.409 e. The number of oxime groups is 1. The van der Waals surface area contributed by atoms with Crippen LogP contribution in [0.15, 0.2) is 22.7 Å². The number of rotatable bonds is 7. The molecule has 0 saturated heterocycles.